The molecule has 0 fully saturated rings. The summed E-state index contributed by atoms with van der Waals surface area (Å²) in [5.41, 5.74) is 1.11. The number of benzene rings is 2. The number of nitrogens with zero attached hydrogens (tertiary/aromatic N) is 1. The fraction of sp³-hybridized carbons (Fsp3) is 0.300. The SMILES string of the molecule is CC(=O)c1cccc(N(CC(=O)Nc2cccc(OC(C)C)c2)S(C)(=O)=O)c1. The van der Waals surface area contributed by atoms with Gasteiger partial charge in [0.05, 0.1) is 18.0 Å². The van der Waals surface area contributed by atoms with Crippen LogP contribution < -0.4 is 14.4 Å². The molecule has 0 aromatic heterocycles. The maximum atomic E-state index is 12.5. The van der Waals surface area contributed by atoms with Gasteiger partial charge in [-0.25, -0.2) is 8.42 Å². The van der Waals surface area contributed by atoms with E-state index in [-0.39, 0.29) is 17.6 Å². The van der Waals surface area contributed by atoms with E-state index in [1.54, 1.807) is 36.4 Å². The number of amides is 1. The smallest absolute Gasteiger partial charge is 0.245 e. The number of sulfonamides is 1. The first-order chi connectivity index (χ1) is 13.1. The van der Waals surface area contributed by atoms with Crippen LogP contribution >= 0.6 is 0 Å². The Morgan fingerprint density at radius 3 is 2.39 bits per heavy atom. The van der Waals surface area contributed by atoms with Crippen LogP contribution in [0.15, 0.2) is 48.5 Å². The zero-order valence-electron chi connectivity index (χ0n) is 16.3. The number of ketones is 1. The summed E-state index contributed by atoms with van der Waals surface area (Å²) in [5.74, 6) is -0.107. The molecule has 150 valence electrons. The number of Topliss-reactive ketones (excluding diaryl/α,β-unsaturated/α-hetero) is 1. The zero-order chi connectivity index (χ0) is 20.9. The third-order valence-corrected chi connectivity index (χ3v) is 4.86. The Bertz CT molecular complexity index is 970. The Hall–Kier alpha value is -2.87. The highest BCUT2D eigenvalue weighted by atomic mass is 32.2. The number of carbonyl (C=O) groups excluding carboxylic acids is 2. The van der Waals surface area contributed by atoms with Crippen molar-refractivity contribution in [3.8, 4) is 5.75 Å². The monoisotopic (exact) mass is 404 g/mol. The van der Waals surface area contributed by atoms with Crippen LogP contribution in [-0.2, 0) is 14.8 Å². The number of nitrogens with one attached hydrogen (secondary N) is 1. The van der Waals surface area contributed by atoms with E-state index >= 15 is 0 Å². The van der Waals surface area contributed by atoms with Gasteiger partial charge in [0, 0.05) is 17.3 Å². The van der Waals surface area contributed by atoms with E-state index in [1.807, 2.05) is 13.8 Å². The standard InChI is InChI=1S/C20H24N2O5S/c1-14(2)27-19-10-6-8-17(12-19)21-20(24)13-22(28(4,25)26)18-9-5-7-16(11-18)15(3)23/h5-12,14H,13H2,1-4H3,(H,21,24). The molecule has 2 aromatic carbocycles. The van der Waals surface area contributed by atoms with Crippen molar-refractivity contribution in [2.24, 2.45) is 0 Å². The second-order valence-corrected chi connectivity index (χ2v) is 8.53. The molecule has 0 aliphatic carbocycles. The first-order valence-electron chi connectivity index (χ1n) is 8.71. The summed E-state index contributed by atoms with van der Waals surface area (Å²) in [4.78, 5) is 24.1. The Morgan fingerprint density at radius 1 is 1.11 bits per heavy atom. The maximum Gasteiger partial charge on any atom is 0.245 e. The van der Waals surface area contributed by atoms with E-state index < -0.39 is 22.5 Å². The number of carbonyl (C=O) groups is 2. The van der Waals surface area contributed by atoms with Crippen molar-refractivity contribution in [3.05, 3.63) is 54.1 Å². The van der Waals surface area contributed by atoms with Crippen LogP contribution in [0, 0.1) is 0 Å². The molecule has 0 heterocycles. The van der Waals surface area contributed by atoms with Crippen molar-refractivity contribution in [2.45, 2.75) is 26.9 Å². The number of anilines is 2. The van der Waals surface area contributed by atoms with Gasteiger partial charge in [-0.2, -0.15) is 0 Å². The van der Waals surface area contributed by atoms with Gasteiger partial charge in [0.15, 0.2) is 5.78 Å². The van der Waals surface area contributed by atoms with E-state index in [0.717, 1.165) is 10.6 Å². The fourth-order valence-corrected chi connectivity index (χ4v) is 3.38. The summed E-state index contributed by atoms with van der Waals surface area (Å²) < 4.78 is 31.0. The molecule has 28 heavy (non-hydrogen) atoms. The molecule has 1 amide bonds. The molecule has 0 saturated carbocycles. The second kappa shape index (κ2) is 8.88. The van der Waals surface area contributed by atoms with Crippen LogP contribution in [0.5, 0.6) is 5.75 Å². The summed E-state index contributed by atoms with van der Waals surface area (Å²) in [6.07, 6.45) is 0.998. The molecule has 0 aliphatic heterocycles. The molecule has 0 radical (unpaired) electrons. The Labute approximate surface area is 165 Å². The van der Waals surface area contributed by atoms with Gasteiger partial charge in [-0.15, -0.1) is 0 Å². The molecule has 1 N–H and O–H groups in total. The van der Waals surface area contributed by atoms with Crippen LogP contribution in [0.25, 0.3) is 0 Å². The van der Waals surface area contributed by atoms with Gasteiger partial charge in [0.25, 0.3) is 0 Å². The van der Waals surface area contributed by atoms with E-state index in [4.69, 9.17) is 4.74 Å². The molecule has 0 saturated heterocycles. The van der Waals surface area contributed by atoms with Crippen molar-refractivity contribution in [2.75, 3.05) is 22.4 Å². The average molecular weight is 404 g/mol. The van der Waals surface area contributed by atoms with Crippen molar-refractivity contribution in [3.63, 3.8) is 0 Å². The Kier molecular flexibility index (Phi) is 6.80. The summed E-state index contributed by atoms with van der Waals surface area (Å²) in [6, 6.07) is 13.0. The highest BCUT2D eigenvalue weighted by molar-refractivity contribution is 7.92. The Balaban J connectivity index is 2.21. The van der Waals surface area contributed by atoms with Crippen LogP contribution in [0.2, 0.25) is 0 Å². The minimum atomic E-state index is -3.74. The van der Waals surface area contributed by atoms with Crippen LogP contribution in [0.3, 0.4) is 0 Å². The summed E-state index contributed by atoms with van der Waals surface area (Å²) >= 11 is 0. The molecular formula is C20H24N2O5S. The first kappa shape index (κ1) is 21.4. The van der Waals surface area contributed by atoms with Crippen molar-refractivity contribution < 1.29 is 22.7 Å². The van der Waals surface area contributed by atoms with Gasteiger partial charge in [0.2, 0.25) is 15.9 Å². The number of rotatable bonds is 8. The van der Waals surface area contributed by atoms with Crippen molar-refractivity contribution in [1.29, 1.82) is 0 Å². The molecule has 0 bridgehead atoms. The Morgan fingerprint density at radius 2 is 1.79 bits per heavy atom. The highest BCUT2D eigenvalue weighted by Crippen LogP contribution is 2.21. The number of ether oxygens (including phenoxy) is 1. The second-order valence-electron chi connectivity index (χ2n) is 6.62. The first-order valence-corrected chi connectivity index (χ1v) is 10.6. The third kappa shape index (κ3) is 6.09. The van der Waals surface area contributed by atoms with Gasteiger partial charge in [-0.1, -0.05) is 18.2 Å². The van der Waals surface area contributed by atoms with Gasteiger partial charge >= 0.3 is 0 Å². The predicted molar refractivity (Wildman–Crippen MR) is 109 cm³/mol. The normalized spacial score (nSPS) is 11.2. The summed E-state index contributed by atoms with van der Waals surface area (Å²) in [5, 5.41) is 2.67. The lowest BCUT2D eigenvalue weighted by atomic mass is 10.1. The molecule has 0 spiro atoms. The quantitative estimate of drug-likeness (QED) is 0.683. The average Bonchev–Trinajstić information content (AvgIpc) is 2.58. The molecule has 0 unspecified atom stereocenters. The topological polar surface area (TPSA) is 92.8 Å². The zero-order valence-corrected chi connectivity index (χ0v) is 17.1. The van der Waals surface area contributed by atoms with Gasteiger partial charge in [-0.05, 0) is 45.0 Å². The predicted octanol–water partition coefficient (Wildman–Crippen LogP) is 3.08. The third-order valence-electron chi connectivity index (χ3n) is 3.72. The maximum absolute atomic E-state index is 12.5. The fourth-order valence-electron chi connectivity index (χ4n) is 2.53. The molecule has 2 aromatic rings. The van der Waals surface area contributed by atoms with Crippen LogP contribution in [0.1, 0.15) is 31.1 Å². The molecular weight excluding hydrogens is 380 g/mol. The number of hydrogen-bond acceptors (Lipinski definition) is 5. The van der Waals surface area contributed by atoms with Gasteiger partial charge in [0.1, 0.15) is 12.3 Å². The lowest BCUT2D eigenvalue weighted by molar-refractivity contribution is -0.114. The lowest BCUT2D eigenvalue weighted by Gasteiger charge is -2.22. The molecule has 7 nitrogen and oxygen atoms in total. The van der Waals surface area contributed by atoms with Crippen LogP contribution in [-0.4, -0.2) is 39.0 Å². The van der Waals surface area contributed by atoms with E-state index in [1.165, 1.54) is 19.1 Å². The van der Waals surface area contributed by atoms with E-state index in [2.05, 4.69) is 5.32 Å². The molecule has 0 aliphatic rings. The highest BCUT2D eigenvalue weighted by Gasteiger charge is 2.21. The van der Waals surface area contributed by atoms with Crippen molar-refractivity contribution >= 4 is 33.1 Å². The summed E-state index contributed by atoms with van der Waals surface area (Å²) in [7, 11) is -3.74. The minimum Gasteiger partial charge on any atom is -0.491 e. The van der Waals surface area contributed by atoms with Gasteiger partial charge < -0.3 is 10.1 Å². The molecule has 2 rings (SSSR count). The minimum absolute atomic E-state index is 0.0137. The largest absolute Gasteiger partial charge is 0.491 e. The van der Waals surface area contributed by atoms with Crippen LogP contribution in [0.4, 0.5) is 11.4 Å². The van der Waals surface area contributed by atoms with Gasteiger partial charge in [-0.3, -0.25) is 13.9 Å². The lowest BCUT2D eigenvalue weighted by Crippen LogP contribution is -2.37. The molecule has 0 atom stereocenters. The van der Waals surface area contributed by atoms with E-state index in [9.17, 15) is 18.0 Å². The number of hydrogen-bond donors (Lipinski definition) is 1. The van der Waals surface area contributed by atoms with E-state index in [0.29, 0.717) is 17.0 Å². The molecule has 8 heteroatoms. The van der Waals surface area contributed by atoms with Crippen molar-refractivity contribution in [1.82, 2.24) is 0 Å². The summed E-state index contributed by atoms with van der Waals surface area (Å²) in [6.45, 7) is 4.76.